The standard InChI is InChI=1S/C15H18N2O3/c1-3-4-10(2)16-15(20)17-8-7-11-9-12(14(18)19)5-6-13(11)17/h3,5-6,9-10H,1,4,7-8H2,2H3,(H,16,20)(H,18,19). The molecule has 1 heterocycles. The Morgan fingerprint density at radius 3 is 2.95 bits per heavy atom. The molecule has 5 nitrogen and oxygen atoms in total. The third kappa shape index (κ3) is 2.82. The van der Waals surface area contributed by atoms with Crippen LogP contribution >= 0.6 is 0 Å². The average Bonchev–Trinajstić information content (AvgIpc) is 2.81. The lowest BCUT2D eigenvalue weighted by atomic mass is 10.1. The van der Waals surface area contributed by atoms with Crippen molar-refractivity contribution in [3.05, 3.63) is 42.0 Å². The minimum absolute atomic E-state index is 0.0299. The number of rotatable bonds is 4. The quantitative estimate of drug-likeness (QED) is 0.828. The van der Waals surface area contributed by atoms with Gasteiger partial charge in [0, 0.05) is 18.3 Å². The Morgan fingerprint density at radius 1 is 1.55 bits per heavy atom. The molecule has 2 N–H and O–H groups in total. The van der Waals surface area contributed by atoms with Crippen LogP contribution in [0.15, 0.2) is 30.9 Å². The average molecular weight is 274 g/mol. The van der Waals surface area contributed by atoms with Gasteiger partial charge in [0.25, 0.3) is 0 Å². The summed E-state index contributed by atoms with van der Waals surface area (Å²) < 4.78 is 0. The number of carbonyl (C=O) groups excluding carboxylic acids is 1. The number of fused-ring (bicyclic) bond motifs is 1. The highest BCUT2D eigenvalue weighted by molar-refractivity contribution is 5.96. The molecule has 0 fully saturated rings. The van der Waals surface area contributed by atoms with Crippen molar-refractivity contribution in [1.29, 1.82) is 0 Å². The summed E-state index contributed by atoms with van der Waals surface area (Å²) in [5.41, 5.74) is 1.95. The molecule has 106 valence electrons. The van der Waals surface area contributed by atoms with E-state index in [1.165, 1.54) is 6.07 Å². The van der Waals surface area contributed by atoms with E-state index in [4.69, 9.17) is 5.11 Å². The zero-order valence-electron chi connectivity index (χ0n) is 11.4. The van der Waals surface area contributed by atoms with E-state index in [0.717, 1.165) is 11.3 Å². The summed E-state index contributed by atoms with van der Waals surface area (Å²) in [6.45, 7) is 6.14. The highest BCUT2D eigenvalue weighted by Crippen LogP contribution is 2.29. The molecule has 0 aromatic heterocycles. The van der Waals surface area contributed by atoms with Gasteiger partial charge in [-0.2, -0.15) is 0 Å². The van der Waals surface area contributed by atoms with Gasteiger partial charge in [0.15, 0.2) is 0 Å². The van der Waals surface area contributed by atoms with E-state index < -0.39 is 5.97 Å². The summed E-state index contributed by atoms with van der Waals surface area (Å²) in [7, 11) is 0. The Kier molecular flexibility index (Phi) is 4.08. The lowest BCUT2D eigenvalue weighted by molar-refractivity contribution is 0.0697. The number of carboxylic acid groups (broad SMARTS) is 1. The van der Waals surface area contributed by atoms with Gasteiger partial charge >= 0.3 is 12.0 Å². The molecule has 1 aromatic carbocycles. The summed E-state index contributed by atoms with van der Waals surface area (Å²) in [6, 6.07) is 4.74. The smallest absolute Gasteiger partial charge is 0.335 e. The van der Waals surface area contributed by atoms with Crippen LogP contribution in [0.5, 0.6) is 0 Å². The predicted molar refractivity (Wildman–Crippen MR) is 77.3 cm³/mol. The molecule has 1 unspecified atom stereocenters. The Balaban J connectivity index is 2.13. The maximum absolute atomic E-state index is 12.2. The second-order valence-electron chi connectivity index (χ2n) is 4.93. The lowest BCUT2D eigenvalue weighted by Gasteiger charge is -2.21. The van der Waals surface area contributed by atoms with Crippen LogP contribution in [0.4, 0.5) is 10.5 Å². The van der Waals surface area contributed by atoms with Crippen LogP contribution in [0.1, 0.15) is 29.3 Å². The van der Waals surface area contributed by atoms with E-state index in [2.05, 4.69) is 11.9 Å². The van der Waals surface area contributed by atoms with Gasteiger partial charge in [0.05, 0.1) is 5.56 Å². The number of benzene rings is 1. The van der Waals surface area contributed by atoms with E-state index in [1.54, 1.807) is 23.1 Å². The third-order valence-electron chi connectivity index (χ3n) is 3.36. The number of carbonyl (C=O) groups is 2. The van der Waals surface area contributed by atoms with Crippen LogP contribution in [0.2, 0.25) is 0 Å². The van der Waals surface area contributed by atoms with Crippen molar-refractivity contribution in [2.45, 2.75) is 25.8 Å². The second kappa shape index (κ2) is 5.77. The van der Waals surface area contributed by atoms with Gasteiger partial charge in [-0.15, -0.1) is 6.58 Å². The van der Waals surface area contributed by atoms with Crippen molar-refractivity contribution in [2.24, 2.45) is 0 Å². The van der Waals surface area contributed by atoms with Crippen LogP contribution in [0.3, 0.4) is 0 Å². The fraction of sp³-hybridized carbons (Fsp3) is 0.333. The highest BCUT2D eigenvalue weighted by atomic mass is 16.4. The molecule has 2 amide bonds. The number of carboxylic acids is 1. The topological polar surface area (TPSA) is 69.6 Å². The molecule has 1 atom stereocenters. The van der Waals surface area contributed by atoms with Gasteiger partial charge in [-0.05, 0) is 43.5 Å². The Morgan fingerprint density at radius 2 is 2.30 bits per heavy atom. The largest absolute Gasteiger partial charge is 0.478 e. The number of hydrogen-bond acceptors (Lipinski definition) is 2. The van der Waals surface area contributed by atoms with Crippen molar-refractivity contribution in [1.82, 2.24) is 5.32 Å². The Bertz CT molecular complexity index is 554. The molecule has 0 bridgehead atoms. The Hall–Kier alpha value is -2.30. The van der Waals surface area contributed by atoms with Crippen LogP contribution in [0.25, 0.3) is 0 Å². The molecule has 1 aliphatic heterocycles. The van der Waals surface area contributed by atoms with Crippen molar-refractivity contribution in [3.63, 3.8) is 0 Å². The van der Waals surface area contributed by atoms with Gasteiger partial charge in [-0.3, -0.25) is 4.90 Å². The summed E-state index contributed by atoms with van der Waals surface area (Å²) >= 11 is 0. The number of anilines is 1. The normalized spacial score (nSPS) is 14.6. The van der Waals surface area contributed by atoms with Crippen molar-refractivity contribution >= 4 is 17.7 Å². The first-order valence-electron chi connectivity index (χ1n) is 6.58. The van der Waals surface area contributed by atoms with Crippen molar-refractivity contribution < 1.29 is 14.7 Å². The van der Waals surface area contributed by atoms with Crippen LogP contribution in [-0.2, 0) is 6.42 Å². The van der Waals surface area contributed by atoms with E-state index in [1.807, 2.05) is 6.92 Å². The maximum Gasteiger partial charge on any atom is 0.335 e. The van der Waals surface area contributed by atoms with Gasteiger partial charge in [0.1, 0.15) is 0 Å². The first kappa shape index (κ1) is 14.1. The van der Waals surface area contributed by atoms with E-state index >= 15 is 0 Å². The molecule has 20 heavy (non-hydrogen) atoms. The molecule has 2 rings (SSSR count). The summed E-state index contributed by atoms with van der Waals surface area (Å²) in [4.78, 5) is 24.8. The van der Waals surface area contributed by atoms with Gasteiger partial charge in [0.2, 0.25) is 0 Å². The van der Waals surface area contributed by atoms with Crippen LogP contribution in [-0.4, -0.2) is 29.7 Å². The molecular formula is C15H18N2O3. The minimum Gasteiger partial charge on any atom is -0.478 e. The molecule has 0 radical (unpaired) electrons. The van der Waals surface area contributed by atoms with Gasteiger partial charge in [-0.1, -0.05) is 6.08 Å². The third-order valence-corrected chi connectivity index (χ3v) is 3.36. The second-order valence-corrected chi connectivity index (χ2v) is 4.93. The molecule has 0 aliphatic carbocycles. The molecule has 0 saturated carbocycles. The zero-order chi connectivity index (χ0) is 14.7. The summed E-state index contributed by atoms with van der Waals surface area (Å²) in [5.74, 6) is -0.949. The number of aromatic carboxylic acids is 1. The summed E-state index contributed by atoms with van der Waals surface area (Å²) in [5, 5.41) is 11.9. The maximum atomic E-state index is 12.2. The number of amides is 2. The van der Waals surface area contributed by atoms with Gasteiger partial charge in [-0.25, -0.2) is 9.59 Å². The Labute approximate surface area is 117 Å². The van der Waals surface area contributed by atoms with Crippen molar-refractivity contribution in [3.8, 4) is 0 Å². The summed E-state index contributed by atoms with van der Waals surface area (Å²) in [6.07, 6.45) is 3.16. The van der Waals surface area contributed by atoms with Gasteiger partial charge < -0.3 is 10.4 Å². The molecular weight excluding hydrogens is 256 g/mol. The molecule has 0 spiro atoms. The number of nitrogens with zero attached hydrogens (tertiary/aromatic N) is 1. The van der Waals surface area contributed by atoms with E-state index in [-0.39, 0.29) is 17.6 Å². The lowest BCUT2D eigenvalue weighted by Crippen LogP contribution is -2.43. The first-order valence-corrected chi connectivity index (χ1v) is 6.58. The van der Waals surface area contributed by atoms with Crippen LogP contribution in [0, 0.1) is 0 Å². The molecule has 1 aliphatic rings. The first-order chi connectivity index (χ1) is 9.52. The van der Waals surface area contributed by atoms with Crippen molar-refractivity contribution in [2.75, 3.05) is 11.4 Å². The number of hydrogen-bond donors (Lipinski definition) is 2. The number of urea groups is 1. The van der Waals surface area contributed by atoms with Crippen LogP contribution < -0.4 is 10.2 Å². The monoisotopic (exact) mass is 274 g/mol. The molecule has 1 aromatic rings. The predicted octanol–water partition coefficient (Wildman–Crippen LogP) is 2.42. The highest BCUT2D eigenvalue weighted by Gasteiger charge is 2.25. The number of nitrogens with one attached hydrogen (secondary N) is 1. The zero-order valence-corrected chi connectivity index (χ0v) is 11.4. The minimum atomic E-state index is -0.949. The van der Waals surface area contributed by atoms with E-state index in [9.17, 15) is 9.59 Å². The molecule has 0 saturated heterocycles. The SMILES string of the molecule is C=CCC(C)NC(=O)N1CCc2cc(C(=O)O)ccc21. The molecule has 5 heteroatoms. The van der Waals surface area contributed by atoms with E-state index in [0.29, 0.717) is 19.4 Å². The fourth-order valence-electron chi connectivity index (χ4n) is 2.34. The fourth-order valence-corrected chi connectivity index (χ4v) is 2.34.